The molecule has 0 bridgehead atoms. The molecule has 0 saturated heterocycles. The van der Waals surface area contributed by atoms with Crippen molar-refractivity contribution in [3.05, 3.63) is 72.2 Å². The molecule has 2 N–H and O–H groups in total. The molecule has 0 spiro atoms. The lowest BCUT2D eigenvalue weighted by molar-refractivity contribution is 0.142. The van der Waals surface area contributed by atoms with Crippen LogP contribution >= 0.6 is 0 Å². The molecule has 2 aromatic carbocycles. The minimum absolute atomic E-state index is 0.226. The molecule has 3 rings (SSSR count). The molecule has 1 aliphatic rings. The molecular weight excluding hydrogens is 266 g/mol. The lowest BCUT2D eigenvalue weighted by atomic mass is 10.2. The van der Waals surface area contributed by atoms with Crippen molar-refractivity contribution in [3.63, 3.8) is 0 Å². The number of ether oxygens (including phenoxy) is 1. The third kappa shape index (κ3) is 3.33. The number of anilines is 1. The molecule has 0 unspecified atom stereocenters. The molecule has 21 heavy (non-hydrogen) atoms. The van der Waals surface area contributed by atoms with Gasteiger partial charge < -0.3 is 10.1 Å². The SMILES string of the molecule is O=C(NC1=CNc2ccccc2[N]1)OCc1ccccc1. The number of carbonyl (C=O) groups is 1. The number of para-hydroxylation sites is 2. The number of rotatable bonds is 3. The summed E-state index contributed by atoms with van der Waals surface area (Å²) in [6.45, 7) is 0.226. The maximum absolute atomic E-state index is 11.7. The first-order valence-corrected chi connectivity index (χ1v) is 6.56. The average molecular weight is 280 g/mol. The third-order valence-corrected chi connectivity index (χ3v) is 2.95. The van der Waals surface area contributed by atoms with Gasteiger partial charge in [-0.2, -0.15) is 0 Å². The number of amides is 1. The predicted octanol–water partition coefficient (Wildman–Crippen LogP) is 3.07. The summed E-state index contributed by atoms with van der Waals surface area (Å²) in [5.74, 6) is 0.423. The fourth-order valence-corrected chi connectivity index (χ4v) is 1.93. The Bertz CT molecular complexity index is 668. The van der Waals surface area contributed by atoms with Crippen molar-refractivity contribution < 1.29 is 9.53 Å². The van der Waals surface area contributed by atoms with Gasteiger partial charge in [0.25, 0.3) is 0 Å². The van der Waals surface area contributed by atoms with E-state index in [4.69, 9.17) is 4.74 Å². The molecule has 1 aliphatic heterocycles. The van der Waals surface area contributed by atoms with E-state index < -0.39 is 6.09 Å². The van der Waals surface area contributed by atoms with Crippen molar-refractivity contribution in [3.8, 4) is 0 Å². The van der Waals surface area contributed by atoms with Crippen LogP contribution < -0.4 is 16.0 Å². The number of alkyl carbamates (subject to hydrolysis) is 1. The van der Waals surface area contributed by atoms with E-state index in [-0.39, 0.29) is 6.61 Å². The predicted molar refractivity (Wildman–Crippen MR) is 79.7 cm³/mol. The normalized spacial score (nSPS) is 12.3. The van der Waals surface area contributed by atoms with Gasteiger partial charge in [0.1, 0.15) is 6.61 Å². The molecule has 0 aromatic heterocycles. The number of nitrogens with zero attached hydrogens (tertiary/aromatic N) is 1. The number of hydrogen-bond donors (Lipinski definition) is 2. The van der Waals surface area contributed by atoms with E-state index >= 15 is 0 Å². The summed E-state index contributed by atoms with van der Waals surface area (Å²) in [5.41, 5.74) is 2.62. The number of fused-ring (bicyclic) bond motifs is 1. The highest BCUT2D eigenvalue weighted by Crippen LogP contribution is 2.25. The lowest BCUT2D eigenvalue weighted by Gasteiger charge is -2.18. The van der Waals surface area contributed by atoms with Crippen molar-refractivity contribution in [2.24, 2.45) is 0 Å². The molecule has 1 radical (unpaired) electrons. The van der Waals surface area contributed by atoms with E-state index in [0.717, 1.165) is 16.9 Å². The first kappa shape index (κ1) is 13.1. The summed E-state index contributed by atoms with van der Waals surface area (Å²) in [6, 6.07) is 17.1. The Kier molecular flexibility index (Phi) is 3.73. The second-order valence-electron chi connectivity index (χ2n) is 4.49. The largest absolute Gasteiger partial charge is 0.444 e. The van der Waals surface area contributed by atoms with Crippen LogP contribution in [0, 0.1) is 0 Å². The molecular formula is C16H14N3O2. The summed E-state index contributed by atoms with van der Waals surface area (Å²) in [7, 11) is 0. The highest BCUT2D eigenvalue weighted by Gasteiger charge is 2.13. The van der Waals surface area contributed by atoms with Crippen LogP contribution in [0.1, 0.15) is 5.56 Å². The van der Waals surface area contributed by atoms with E-state index in [0.29, 0.717) is 5.82 Å². The van der Waals surface area contributed by atoms with Crippen LogP contribution in [-0.4, -0.2) is 6.09 Å². The zero-order valence-corrected chi connectivity index (χ0v) is 11.2. The highest BCUT2D eigenvalue weighted by atomic mass is 16.5. The number of carbonyl (C=O) groups excluding carboxylic acids is 1. The molecule has 2 aromatic rings. The van der Waals surface area contributed by atoms with Crippen LogP contribution in [0.2, 0.25) is 0 Å². The van der Waals surface area contributed by atoms with E-state index in [1.807, 2.05) is 54.6 Å². The molecule has 0 aliphatic carbocycles. The van der Waals surface area contributed by atoms with Gasteiger partial charge >= 0.3 is 6.09 Å². The van der Waals surface area contributed by atoms with Gasteiger partial charge in [0.15, 0.2) is 5.82 Å². The monoisotopic (exact) mass is 280 g/mol. The zero-order chi connectivity index (χ0) is 14.5. The fraction of sp³-hybridized carbons (Fsp3) is 0.0625. The molecule has 0 fully saturated rings. The van der Waals surface area contributed by atoms with Crippen LogP contribution in [0.4, 0.5) is 16.2 Å². The first-order chi connectivity index (χ1) is 10.3. The second kappa shape index (κ2) is 6.00. The Hall–Kier alpha value is -2.95. The standard InChI is InChI=1S/C16H14N3O2/c20-16(21-11-12-6-2-1-3-7-12)19-15-10-17-13-8-4-5-9-14(13)18-15/h1-10,17H,11H2,(H,19,20). The Labute approximate surface area is 122 Å². The maximum Gasteiger partial charge on any atom is 0.413 e. The minimum Gasteiger partial charge on any atom is -0.444 e. The highest BCUT2D eigenvalue weighted by molar-refractivity contribution is 5.73. The van der Waals surface area contributed by atoms with Gasteiger partial charge in [-0.15, -0.1) is 0 Å². The summed E-state index contributed by atoms with van der Waals surface area (Å²) in [6.07, 6.45) is 1.10. The summed E-state index contributed by atoms with van der Waals surface area (Å²) in [5, 5.41) is 9.99. The minimum atomic E-state index is -0.532. The topological polar surface area (TPSA) is 64.5 Å². The first-order valence-electron chi connectivity index (χ1n) is 6.56. The molecule has 0 saturated carbocycles. The van der Waals surface area contributed by atoms with E-state index in [2.05, 4.69) is 16.0 Å². The molecule has 1 amide bonds. The Morgan fingerprint density at radius 3 is 2.71 bits per heavy atom. The Balaban J connectivity index is 1.53. The van der Waals surface area contributed by atoms with Crippen LogP contribution in [0.15, 0.2) is 66.6 Å². The lowest BCUT2D eigenvalue weighted by Crippen LogP contribution is -2.29. The second-order valence-corrected chi connectivity index (χ2v) is 4.49. The molecule has 5 nitrogen and oxygen atoms in total. The number of nitrogens with one attached hydrogen (secondary N) is 2. The summed E-state index contributed by atoms with van der Waals surface area (Å²) < 4.78 is 5.14. The summed E-state index contributed by atoms with van der Waals surface area (Å²) in [4.78, 5) is 11.7. The summed E-state index contributed by atoms with van der Waals surface area (Å²) >= 11 is 0. The van der Waals surface area contributed by atoms with Crippen molar-refractivity contribution >= 4 is 17.5 Å². The Morgan fingerprint density at radius 1 is 1.10 bits per heavy atom. The third-order valence-electron chi connectivity index (χ3n) is 2.95. The molecule has 1 heterocycles. The van der Waals surface area contributed by atoms with Gasteiger partial charge in [-0.3, -0.25) is 5.32 Å². The maximum atomic E-state index is 11.7. The fourth-order valence-electron chi connectivity index (χ4n) is 1.93. The van der Waals surface area contributed by atoms with E-state index in [1.165, 1.54) is 0 Å². The number of hydrogen-bond acceptors (Lipinski definition) is 3. The van der Waals surface area contributed by atoms with Crippen LogP contribution in [0.25, 0.3) is 0 Å². The van der Waals surface area contributed by atoms with Gasteiger partial charge in [0, 0.05) is 6.20 Å². The smallest absolute Gasteiger partial charge is 0.413 e. The van der Waals surface area contributed by atoms with Gasteiger partial charge in [-0.25, -0.2) is 10.1 Å². The Morgan fingerprint density at radius 2 is 1.86 bits per heavy atom. The van der Waals surface area contributed by atoms with Gasteiger partial charge in [0.2, 0.25) is 0 Å². The molecule has 105 valence electrons. The quantitative estimate of drug-likeness (QED) is 0.908. The average Bonchev–Trinajstić information content (AvgIpc) is 2.54. The van der Waals surface area contributed by atoms with Crippen LogP contribution in [-0.2, 0) is 11.3 Å². The van der Waals surface area contributed by atoms with Crippen molar-refractivity contribution in [2.75, 3.05) is 5.32 Å². The van der Waals surface area contributed by atoms with Crippen LogP contribution in [0.3, 0.4) is 0 Å². The van der Waals surface area contributed by atoms with Crippen LogP contribution in [0.5, 0.6) is 0 Å². The van der Waals surface area contributed by atoms with Gasteiger partial charge in [-0.1, -0.05) is 42.5 Å². The van der Waals surface area contributed by atoms with E-state index in [9.17, 15) is 4.79 Å². The van der Waals surface area contributed by atoms with Crippen molar-refractivity contribution in [1.29, 1.82) is 0 Å². The number of benzene rings is 2. The zero-order valence-electron chi connectivity index (χ0n) is 11.2. The molecule has 5 heteroatoms. The van der Waals surface area contributed by atoms with Crippen molar-refractivity contribution in [2.45, 2.75) is 6.61 Å². The van der Waals surface area contributed by atoms with Crippen molar-refractivity contribution in [1.82, 2.24) is 10.6 Å². The van der Waals surface area contributed by atoms with Gasteiger partial charge in [0.05, 0.1) is 11.4 Å². The van der Waals surface area contributed by atoms with E-state index in [1.54, 1.807) is 6.20 Å². The van der Waals surface area contributed by atoms with Gasteiger partial charge in [-0.05, 0) is 17.7 Å². The molecule has 0 atom stereocenters.